The predicted octanol–water partition coefficient (Wildman–Crippen LogP) is 4.10. The van der Waals surface area contributed by atoms with E-state index in [1.54, 1.807) is 17.5 Å². The fourth-order valence-electron chi connectivity index (χ4n) is 2.50. The standard InChI is InChI=1S/C19H17N5OS2/c1-3-9-24-17(15-7-5-4-6-13(15)2)22-23-19(24)27-12-16(25)21-18-14(11-20)8-10-26-18/h3-8,10H,1,9,12H2,2H3,(H,21,25). The zero-order chi connectivity index (χ0) is 19.2. The summed E-state index contributed by atoms with van der Waals surface area (Å²) in [5.74, 6) is 0.733. The summed E-state index contributed by atoms with van der Waals surface area (Å²) in [6.45, 7) is 6.37. The third kappa shape index (κ3) is 4.27. The van der Waals surface area contributed by atoms with Crippen LogP contribution >= 0.6 is 23.1 Å². The summed E-state index contributed by atoms with van der Waals surface area (Å²) < 4.78 is 1.94. The van der Waals surface area contributed by atoms with E-state index < -0.39 is 0 Å². The molecule has 27 heavy (non-hydrogen) atoms. The summed E-state index contributed by atoms with van der Waals surface area (Å²) in [4.78, 5) is 12.2. The zero-order valence-corrected chi connectivity index (χ0v) is 16.3. The molecule has 0 atom stereocenters. The predicted molar refractivity (Wildman–Crippen MR) is 109 cm³/mol. The number of rotatable bonds is 7. The summed E-state index contributed by atoms with van der Waals surface area (Å²) in [6, 6.07) is 11.7. The van der Waals surface area contributed by atoms with Gasteiger partial charge in [0.25, 0.3) is 0 Å². The van der Waals surface area contributed by atoms with Crippen LogP contribution in [0.4, 0.5) is 5.00 Å². The smallest absolute Gasteiger partial charge is 0.235 e. The topological polar surface area (TPSA) is 83.6 Å². The number of nitrogens with zero attached hydrogens (tertiary/aromatic N) is 4. The van der Waals surface area contributed by atoms with Crippen LogP contribution < -0.4 is 5.32 Å². The van der Waals surface area contributed by atoms with E-state index in [4.69, 9.17) is 5.26 Å². The maximum atomic E-state index is 12.2. The van der Waals surface area contributed by atoms with E-state index in [2.05, 4.69) is 28.2 Å². The van der Waals surface area contributed by atoms with Gasteiger partial charge in [0.05, 0.1) is 11.3 Å². The molecule has 2 heterocycles. The van der Waals surface area contributed by atoms with Gasteiger partial charge < -0.3 is 5.32 Å². The zero-order valence-electron chi connectivity index (χ0n) is 14.7. The molecule has 0 fully saturated rings. The van der Waals surface area contributed by atoms with Crippen molar-refractivity contribution in [3.8, 4) is 17.5 Å². The van der Waals surface area contributed by atoms with Crippen molar-refractivity contribution in [3.05, 3.63) is 59.5 Å². The SMILES string of the molecule is C=CCn1c(SCC(=O)Nc2sccc2C#N)nnc1-c1ccccc1C. The van der Waals surface area contributed by atoms with Gasteiger partial charge in [0.2, 0.25) is 5.91 Å². The van der Waals surface area contributed by atoms with Crippen LogP contribution in [-0.4, -0.2) is 26.4 Å². The van der Waals surface area contributed by atoms with Crippen molar-refractivity contribution in [2.45, 2.75) is 18.6 Å². The first-order valence-electron chi connectivity index (χ1n) is 8.14. The third-order valence-corrected chi connectivity index (χ3v) is 5.58. The lowest BCUT2D eigenvalue weighted by atomic mass is 10.1. The van der Waals surface area contributed by atoms with Crippen LogP contribution in [0.3, 0.4) is 0 Å². The highest BCUT2D eigenvalue weighted by Gasteiger charge is 2.16. The van der Waals surface area contributed by atoms with Crippen LogP contribution in [0.5, 0.6) is 0 Å². The Morgan fingerprint density at radius 3 is 2.96 bits per heavy atom. The first-order valence-corrected chi connectivity index (χ1v) is 10.0. The average Bonchev–Trinajstić information content (AvgIpc) is 3.27. The molecule has 0 aliphatic carbocycles. The van der Waals surface area contributed by atoms with Crippen LogP contribution in [0.1, 0.15) is 11.1 Å². The van der Waals surface area contributed by atoms with E-state index in [0.29, 0.717) is 22.3 Å². The number of hydrogen-bond donors (Lipinski definition) is 1. The number of hydrogen-bond acceptors (Lipinski definition) is 6. The van der Waals surface area contributed by atoms with Gasteiger partial charge in [0.15, 0.2) is 11.0 Å². The van der Waals surface area contributed by atoms with Crippen LogP contribution in [0, 0.1) is 18.3 Å². The number of carbonyl (C=O) groups is 1. The number of allylic oxidation sites excluding steroid dienone is 1. The second-order valence-electron chi connectivity index (χ2n) is 5.63. The summed E-state index contributed by atoms with van der Waals surface area (Å²) in [7, 11) is 0. The maximum absolute atomic E-state index is 12.2. The van der Waals surface area contributed by atoms with Crippen LogP contribution in [0.25, 0.3) is 11.4 Å². The minimum atomic E-state index is -0.190. The first-order chi connectivity index (χ1) is 13.1. The number of nitriles is 1. The number of thiophene rings is 1. The van der Waals surface area contributed by atoms with Crippen LogP contribution in [0.15, 0.2) is 53.5 Å². The number of benzene rings is 1. The summed E-state index contributed by atoms with van der Waals surface area (Å²) >= 11 is 2.63. The Morgan fingerprint density at radius 2 is 2.22 bits per heavy atom. The minimum Gasteiger partial charge on any atom is -0.316 e. The van der Waals surface area contributed by atoms with E-state index in [1.165, 1.54) is 23.1 Å². The van der Waals surface area contributed by atoms with E-state index in [9.17, 15) is 4.79 Å². The van der Waals surface area contributed by atoms with Crippen molar-refractivity contribution in [2.75, 3.05) is 11.1 Å². The third-order valence-electron chi connectivity index (χ3n) is 3.79. The molecule has 1 aromatic carbocycles. The van der Waals surface area contributed by atoms with Gasteiger partial charge in [-0.15, -0.1) is 28.1 Å². The largest absolute Gasteiger partial charge is 0.316 e. The molecule has 0 saturated heterocycles. The van der Waals surface area contributed by atoms with Gasteiger partial charge in [-0.1, -0.05) is 42.1 Å². The molecule has 3 aromatic rings. The monoisotopic (exact) mass is 395 g/mol. The molecule has 1 amide bonds. The van der Waals surface area contributed by atoms with Crippen molar-refractivity contribution >= 4 is 34.0 Å². The van der Waals surface area contributed by atoms with Crippen molar-refractivity contribution < 1.29 is 4.79 Å². The second kappa shape index (κ2) is 8.66. The lowest BCUT2D eigenvalue weighted by Gasteiger charge is -2.09. The molecule has 8 heteroatoms. The number of carbonyl (C=O) groups excluding carboxylic acids is 1. The Hall–Kier alpha value is -2.89. The molecule has 6 nitrogen and oxygen atoms in total. The average molecular weight is 396 g/mol. The minimum absolute atomic E-state index is 0.172. The van der Waals surface area contributed by atoms with E-state index >= 15 is 0 Å². The van der Waals surface area contributed by atoms with Gasteiger partial charge in [-0.25, -0.2) is 0 Å². The van der Waals surface area contributed by atoms with Crippen molar-refractivity contribution in [1.29, 1.82) is 5.26 Å². The van der Waals surface area contributed by atoms with Crippen LogP contribution in [-0.2, 0) is 11.3 Å². The molecule has 0 radical (unpaired) electrons. The quantitative estimate of drug-likeness (QED) is 0.481. The molecule has 136 valence electrons. The van der Waals surface area contributed by atoms with Gasteiger partial charge in [-0.2, -0.15) is 5.26 Å². The van der Waals surface area contributed by atoms with Gasteiger partial charge >= 0.3 is 0 Å². The maximum Gasteiger partial charge on any atom is 0.235 e. The highest BCUT2D eigenvalue weighted by molar-refractivity contribution is 7.99. The highest BCUT2D eigenvalue weighted by Crippen LogP contribution is 2.27. The number of aromatic nitrogens is 3. The van der Waals surface area contributed by atoms with E-state index in [0.717, 1.165) is 17.0 Å². The molecular weight excluding hydrogens is 378 g/mol. The molecule has 0 unspecified atom stereocenters. The molecule has 1 N–H and O–H groups in total. The van der Waals surface area contributed by atoms with Gasteiger partial charge in [0, 0.05) is 12.1 Å². The Balaban J connectivity index is 1.75. The molecule has 0 spiro atoms. The normalized spacial score (nSPS) is 10.4. The van der Waals surface area contributed by atoms with Crippen LogP contribution in [0.2, 0.25) is 0 Å². The fourth-order valence-corrected chi connectivity index (χ4v) is 4.00. The molecule has 0 aliphatic heterocycles. The molecule has 2 aromatic heterocycles. The van der Waals surface area contributed by atoms with E-state index in [-0.39, 0.29) is 11.7 Å². The Kier molecular flexibility index (Phi) is 6.06. The second-order valence-corrected chi connectivity index (χ2v) is 7.49. The number of anilines is 1. The van der Waals surface area contributed by atoms with Gasteiger partial charge in [-0.3, -0.25) is 9.36 Å². The molecule has 0 aliphatic rings. The molecule has 0 saturated carbocycles. The number of amides is 1. The van der Waals surface area contributed by atoms with Crippen molar-refractivity contribution in [2.24, 2.45) is 0 Å². The van der Waals surface area contributed by atoms with Gasteiger partial charge in [-0.05, 0) is 23.9 Å². The lowest BCUT2D eigenvalue weighted by molar-refractivity contribution is -0.113. The summed E-state index contributed by atoms with van der Waals surface area (Å²) in [5, 5.41) is 23.4. The fraction of sp³-hybridized carbons (Fsp3) is 0.158. The molecular formula is C19H17N5OS2. The first kappa shape index (κ1) is 18.9. The van der Waals surface area contributed by atoms with E-state index in [1.807, 2.05) is 35.8 Å². The summed E-state index contributed by atoms with van der Waals surface area (Å²) in [6.07, 6.45) is 1.78. The Morgan fingerprint density at radius 1 is 1.41 bits per heavy atom. The van der Waals surface area contributed by atoms with Gasteiger partial charge in [0.1, 0.15) is 11.1 Å². The molecule has 3 rings (SSSR count). The number of thioether (sulfide) groups is 1. The summed E-state index contributed by atoms with van der Waals surface area (Å²) in [5.41, 5.74) is 2.57. The molecule has 0 bridgehead atoms. The highest BCUT2D eigenvalue weighted by atomic mass is 32.2. The Bertz CT molecular complexity index is 1020. The number of aryl methyl sites for hydroxylation is 1. The number of nitrogens with one attached hydrogen (secondary N) is 1. The lowest BCUT2D eigenvalue weighted by Crippen LogP contribution is -2.14. The van der Waals surface area contributed by atoms with Crippen molar-refractivity contribution in [3.63, 3.8) is 0 Å². The van der Waals surface area contributed by atoms with Crippen molar-refractivity contribution in [1.82, 2.24) is 14.8 Å². The Labute approximate surface area is 165 Å².